The maximum Gasteiger partial charge on any atom is 0.405 e. The van der Waals surface area contributed by atoms with Crippen molar-refractivity contribution >= 4 is 17.5 Å². The minimum atomic E-state index is -4.50. The third kappa shape index (κ3) is 4.03. The van der Waals surface area contributed by atoms with E-state index in [1.807, 2.05) is 0 Å². The van der Waals surface area contributed by atoms with E-state index in [1.54, 1.807) is 41.7 Å². The first kappa shape index (κ1) is 17.1. The van der Waals surface area contributed by atoms with Crippen LogP contribution in [-0.4, -0.2) is 28.4 Å². The van der Waals surface area contributed by atoms with Gasteiger partial charge < -0.3 is 9.73 Å². The van der Waals surface area contributed by atoms with Gasteiger partial charge in [-0.25, -0.2) is 4.68 Å². The average Bonchev–Trinajstić information content (AvgIpc) is 3.21. The van der Waals surface area contributed by atoms with E-state index in [4.69, 9.17) is 16.0 Å². The monoisotopic (exact) mass is 369 g/mol. The molecular weight excluding hydrogens is 359 g/mol. The van der Waals surface area contributed by atoms with Gasteiger partial charge in [-0.1, -0.05) is 11.6 Å². The summed E-state index contributed by atoms with van der Waals surface area (Å²) in [5.74, 6) is -0.518. The second-order valence-electron chi connectivity index (χ2n) is 5.08. The second-order valence-corrected chi connectivity index (χ2v) is 5.51. The third-order valence-electron chi connectivity index (χ3n) is 3.24. The van der Waals surface area contributed by atoms with Gasteiger partial charge in [-0.15, -0.1) is 0 Å². The van der Waals surface area contributed by atoms with E-state index in [-0.39, 0.29) is 5.69 Å². The Hall–Kier alpha value is -2.74. The lowest BCUT2D eigenvalue weighted by atomic mass is 10.2. The zero-order valence-electron chi connectivity index (χ0n) is 12.5. The summed E-state index contributed by atoms with van der Waals surface area (Å²) in [5, 5.41) is 6.41. The molecule has 0 atom stereocenters. The molecule has 2 heterocycles. The largest absolute Gasteiger partial charge is 0.463 e. The van der Waals surface area contributed by atoms with Gasteiger partial charge >= 0.3 is 6.18 Å². The second kappa shape index (κ2) is 6.64. The van der Waals surface area contributed by atoms with Crippen LogP contribution in [0.2, 0.25) is 5.02 Å². The molecule has 0 bridgehead atoms. The smallest absolute Gasteiger partial charge is 0.405 e. The number of halogens is 4. The fourth-order valence-corrected chi connectivity index (χ4v) is 2.27. The molecule has 0 radical (unpaired) electrons. The molecule has 1 amide bonds. The van der Waals surface area contributed by atoms with Gasteiger partial charge in [-0.3, -0.25) is 4.79 Å². The van der Waals surface area contributed by atoms with Crippen LogP contribution >= 0.6 is 11.6 Å². The van der Waals surface area contributed by atoms with Crippen molar-refractivity contribution in [3.05, 3.63) is 59.4 Å². The Labute approximate surface area is 145 Å². The van der Waals surface area contributed by atoms with E-state index >= 15 is 0 Å². The van der Waals surface area contributed by atoms with E-state index in [9.17, 15) is 18.0 Å². The van der Waals surface area contributed by atoms with Crippen LogP contribution < -0.4 is 5.32 Å². The molecule has 3 aromatic rings. The van der Waals surface area contributed by atoms with Crippen LogP contribution in [0.4, 0.5) is 13.2 Å². The molecule has 9 heteroatoms. The summed E-state index contributed by atoms with van der Waals surface area (Å²) in [6, 6.07) is 11.3. The molecule has 0 spiro atoms. The highest BCUT2D eigenvalue weighted by molar-refractivity contribution is 6.30. The quantitative estimate of drug-likeness (QED) is 0.754. The molecule has 1 N–H and O–H groups in total. The molecule has 1 aromatic carbocycles. The minimum absolute atomic E-state index is 0.161. The third-order valence-corrected chi connectivity index (χ3v) is 3.49. The molecule has 0 aliphatic rings. The highest BCUT2D eigenvalue weighted by atomic mass is 35.5. The normalized spacial score (nSPS) is 11.5. The van der Waals surface area contributed by atoms with E-state index in [0.29, 0.717) is 22.2 Å². The van der Waals surface area contributed by atoms with Crippen LogP contribution in [0.5, 0.6) is 0 Å². The summed E-state index contributed by atoms with van der Waals surface area (Å²) in [7, 11) is 0. The minimum Gasteiger partial charge on any atom is -0.463 e. The summed E-state index contributed by atoms with van der Waals surface area (Å²) in [6.45, 7) is -1.43. The fraction of sp³-hybridized carbons (Fsp3) is 0.125. The average molecular weight is 370 g/mol. The van der Waals surface area contributed by atoms with Gasteiger partial charge in [0.15, 0.2) is 11.5 Å². The highest BCUT2D eigenvalue weighted by Gasteiger charge is 2.29. The number of amides is 1. The van der Waals surface area contributed by atoms with Crippen LogP contribution in [-0.2, 0) is 0 Å². The van der Waals surface area contributed by atoms with Crippen molar-refractivity contribution in [2.24, 2.45) is 0 Å². The first-order valence-corrected chi connectivity index (χ1v) is 7.46. The lowest BCUT2D eigenvalue weighted by Crippen LogP contribution is -2.33. The maximum atomic E-state index is 12.3. The van der Waals surface area contributed by atoms with Crippen LogP contribution in [0.25, 0.3) is 17.1 Å². The van der Waals surface area contributed by atoms with Crippen molar-refractivity contribution in [3.63, 3.8) is 0 Å². The lowest BCUT2D eigenvalue weighted by molar-refractivity contribution is -0.123. The predicted molar refractivity (Wildman–Crippen MR) is 84.7 cm³/mol. The fourth-order valence-electron chi connectivity index (χ4n) is 2.14. The molecule has 0 saturated carbocycles. The van der Waals surface area contributed by atoms with Crippen molar-refractivity contribution in [1.82, 2.24) is 15.1 Å². The van der Waals surface area contributed by atoms with E-state index in [1.165, 1.54) is 17.0 Å². The van der Waals surface area contributed by atoms with Crippen molar-refractivity contribution < 1.29 is 22.4 Å². The van der Waals surface area contributed by atoms with Crippen LogP contribution in [0.3, 0.4) is 0 Å². The topological polar surface area (TPSA) is 60.1 Å². The number of nitrogens with one attached hydrogen (secondary N) is 1. The van der Waals surface area contributed by atoms with Crippen LogP contribution in [0.15, 0.2) is 53.1 Å². The number of furan rings is 1. The Morgan fingerprint density at radius 1 is 1.24 bits per heavy atom. The Bertz CT molecular complexity index is 871. The molecule has 5 nitrogen and oxygen atoms in total. The number of benzene rings is 1. The molecule has 25 heavy (non-hydrogen) atoms. The maximum absolute atomic E-state index is 12.3. The molecule has 0 unspecified atom stereocenters. The van der Waals surface area contributed by atoms with E-state index < -0.39 is 18.6 Å². The number of carbonyl (C=O) groups excluding carboxylic acids is 1. The van der Waals surface area contributed by atoms with Gasteiger partial charge in [0.2, 0.25) is 0 Å². The first-order chi connectivity index (χ1) is 11.8. The van der Waals surface area contributed by atoms with Crippen LogP contribution in [0, 0.1) is 0 Å². The number of hydrogen-bond donors (Lipinski definition) is 1. The van der Waals surface area contributed by atoms with Crippen molar-refractivity contribution in [1.29, 1.82) is 0 Å². The SMILES string of the molecule is O=C(NCC(F)(F)F)c1cc(-c2ccco2)n(-c2ccc(Cl)cc2)n1. The molecule has 2 aromatic heterocycles. The summed E-state index contributed by atoms with van der Waals surface area (Å²) in [6.07, 6.45) is -3.06. The predicted octanol–water partition coefficient (Wildman–Crippen LogP) is 4.08. The Morgan fingerprint density at radius 2 is 1.96 bits per heavy atom. The summed E-state index contributed by atoms with van der Waals surface area (Å²) >= 11 is 5.86. The Morgan fingerprint density at radius 3 is 2.56 bits per heavy atom. The Balaban J connectivity index is 1.98. The summed E-state index contributed by atoms with van der Waals surface area (Å²) in [5.41, 5.74) is 0.834. The van der Waals surface area contributed by atoms with E-state index in [2.05, 4.69) is 5.10 Å². The van der Waals surface area contributed by atoms with Gasteiger partial charge in [0.25, 0.3) is 5.91 Å². The van der Waals surface area contributed by atoms with Crippen molar-refractivity contribution in [2.75, 3.05) is 6.54 Å². The van der Waals surface area contributed by atoms with Crippen LogP contribution in [0.1, 0.15) is 10.5 Å². The molecule has 0 aliphatic heterocycles. The molecule has 0 fully saturated rings. The standard InChI is InChI=1S/C16H11ClF3N3O2/c17-10-3-5-11(6-4-10)23-13(14-2-1-7-25-14)8-12(22-23)15(24)21-9-16(18,19)20/h1-8H,9H2,(H,21,24). The molecule has 0 aliphatic carbocycles. The zero-order chi connectivity index (χ0) is 18.0. The number of aromatic nitrogens is 2. The van der Waals surface area contributed by atoms with E-state index in [0.717, 1.165) is 0 Å². The highest BCUT2D eigenvalue weighted by Crippen LogP contribution is 2.25. The lowest BCUT2D eigenvalue weighted by Gasteiger charge is -2.07. The van der Waals surface area contributed by atoms with Gasteiger partial charge in [-0.2, -0.15) is 18.3 Å². The number of rotatable bonds is 4. The molecular formula is C16H11ClF3N3O2. The van der Waals surface area contributed by atoms with Gasteiger partial charge in [-0.05, 0) is 36.4 Å². The first-order valence-electron chi connectivity index (χ1n) is 7.08. The molecule has 3 rings (SSSR count). The number of nitrogens with zero attached hydrogens (tertiary/aromatic N) is 2. The zero-order valence-corrected chi connectivity index (χ0v) is 13.3. The van der Waals surface area contributed by atoms with Gasteiger partial charge in [0.1, 0.15) is 12.2 Å². The number of alkyl halides is 3. The number of hydrogen-bond acceptors (Lipinski definition) is 3. The van der Waals surface area contributed by atoms with Gasteiger partial charge in [0.05, 0.1) is 12.0 Å². The molecule has 0 saturated heterocycles. The van der Waals surface area contributed by atoms with Crippen molar-refractivity contribution in [3.8, 4) is 17.1 Å². The molecule has 130 valence electrons. The summed E-state index contributed by atoms with van der Waals surface area (Å²) < 4.78 is 43.5. The van der Waals surface area contributed by atoms with Gasteiger partial charge in [0, 0.05) is 11.1 Å². The summed E-state index contributed by atoms with van der Waals surface area (Å²) in [4.78, 5) is 12.0. The number of carbonyl (C=O) groups is 1. The van der Waals surface area contributed by atoms with Crippen molar-refractivity contribution in [2.45, 2.75) is 6.18 Å². The Kier molecular flexibility index (Phi) is 4.54.